The van der Waals surface area contributed by atoms with Crippen molar-refractivity contribution in [2.75, 3.05) is 11.9 Å². The fourth-order valence-electron chi connectivity index (χ4n) is 2.33. The standard InChI is InChI=1S/C17H19N3O5/c1-4-25-15-8-6-5-7-14(15)18-16(21)12(3)19-10-13(20(23)24)9-11(2)17(19)22/h5-10,12H,4H2,1-3H3,(H,18,21). The number of aryl methyl sites for hydroxylation is 1. The molecule has 0 aliphatic carbocycles. The van der Waals surface area contributed by atoms with Crippen LogP contribution in [-0.2, 0) is 4.79 Å². The van der Waals surface area contributed by atoms with Gasteiger partial charge in [0.15, 0.2) is 0 Å². The summed E-state index contributed by atoms with van der Waals surface area (Å²) in [5.74, 6) is 0.0299. The van der Waals surface area contributed by atoms with Crippen LogP contribution in [0.25, 0.3) is 0 Å². The van der Waals surface area contributed by atoms with E-state index in [4.69, 9.17) is 4.74 Å². The Morgan fingerprint density at radius 1 is 1.40 bits per heavy atom. The van der Waals surface area contributed by atoms with Crippen LogP contribution in [0.15, 0.2) is 41.3 Å². The zero-order chi connectivity index (χ0) is 18.6. The highest BCUT2D eigenvalue weighted by molar-refractivity contribution is 5.94. The van der Waals surface area contributed by atoms with Crippen molar-refractivity contribution in [3.63, 3.8) is 0 Å². The number of pyridine rings is 1. The first kappa shape index (κ1) is 18.2. The van der Waals surface area contributed by atoms with Gasteiger partial charge in [-0.15, -0.1) is 0 Å². The second-order valence-corrected chi connectivity index (χ2v) is 5.45. The third-order valence-electron chi connectivity index (χ3n) is 3.66. The van der Waals surface area contributed by atoms with Crippen LogP contribution in [0.5, 0.6) is 5.75 Å². The maximum absolute atomic E-state index is 12.5. The number of hydrogen-bond acceptors (Lipinski definition) is 5. The number of amides is 1. The van der Waals surface area contributed by atoms with E-state index in [0.29, 0.717) is 18.0 Å². The number of hydrogen-bond donors (Lipinski definition) is 1. The van der Waals surface area contributed by atoms with Gasteiger partial charge >= 0.3 is 0 Å². The Balaban J connectivity index is 2.32. The first-order valence-corrected chi connectivity index (χ1v) is 7.75. The smallest absolute Gasteiger partial charge is 0.286 e. The van der Waals surface area contributed by atoms with Gasteiger partial charge < -0.3 is 10.1 Å². The lowest BCUT2D eigenvalue weighted by Crippen LogP contribution is -2.32. The van der Waals surface area contributed by atoms with Crippen LogP contribution in [0.2, 0.25) is 0 Å². The zero-order valence-electron chi connectivity index (χ0n) is 14.2. The van der Waals surface area contributed by atoms with Crippen LogP contribution < -0.4 is 15.6 Å². The predicted octanol–water partition coefficient (Wildman–Crippen LogP) is 2.66. The molecule has 1 aromatic carbocycles. The van der Waals surface area contributed by atoms with Gasteiger partial charge in [-0.2, -0.15) is 0 Å². The Morgan fingerprint density at radius 3 is 2.72 bits per heavy atom. The number of benzene rings is 1. The Morgan fingerprint density at radius 2 is 2.08 bits per heavy atom. The van der Waals surface area contributed by atoms with Crippen LogP contribution >= 0.6 is 0 Å². The van der Waals surface area contributed by atoms with Crippen molar-refractivity contribution < 1.29 is 14.5 Å². The summed E-state index contributed by atoms with van der Waals surface area (Å²) < 4.78 is 6.51. The summed E-state index contributed by atoms with van der Waals surface area (Å²) in [5, 5.41) is 13.7. The topological polar surface area (TPSA) is 103 Å². The molecule has 2 aromatic rings. The van der Waals surface area contributed by atoms with E-state index in [9.17, 15) is 19.7 Å². The summed E-state index contributed by atoms with van der Waals surface area (Å²) in [7, 11) is 0. The van der Waals surface area contributed by atoms with Crippen LogP contribution in [0.1, 0.15) is 25.5 Å². The number of anilines is 1. The Labute approximate surface area is 144 Å². The lowest BCUT2D eigenvalue weighted by molar-refractivity contribution is -0.385. The van der Waals surface area contributed by atoms with E-state index in [1.165, 1.54) is 19.9 Å². The zero-order valence-corrected chi connectivity index (χ0v) is 14.2. The quantitative estimate of drug-likeness (QED) is 0.640. The largest absolute Gasteiger partial charge is 0.492 e. The lowest BCUT2D eigenvalue weighted by Gasteiger charge is -2.17. The van der Waals surface area contributed by atoms with E-state index in [-0.39, 0.29) is 11.3 Å². The number of aromatic nitrogens is 1. The van der Waals surface area contributed by atoms with E-state index in [2.05, 4.69) is 5.32 Å². The summed E-state index contributed by atoms with van der Waals surface area (Å²) in [5.41, 5.74) is -0.0298. The number of nitrogens with zero attached hydrogens (tertiary/aromatic N) is 2. The van der Waals surface area contributed by atoms with Crippen molar-refractivity contribution in [1.82, 2.24) is 4.57 Å². The van der Waals surface area contributed by atoms with Gasteiger partial charge in [-0.1, -0.05) is 12.1 Å². The maximum atomic E-state index is 12.5. The van der Waals surface area contributed by atoms with Crippen molar-refractivity contribution in [3.8, 4) is 5.75 Å². The second kappa shape index (κ2) is 7.61. The SMILES string of the molecule is CCOc1ccccc1NC(=O)C(C)n1cc([N+](=O)[O-])cc(C)c1=O. The molecule has 2 rings (SSSR count). The number of carbonyl (C=O) groups excluding carboxylic acids is 1. The fourth-order valence-corrected chi connectivity index (χ4v) is 2.33. The van der Waals surface area contributed by atoms with Gasteiger partial charge in [-0.25, -0.2) is 0 Å². The van der Waals surface area contributed by atoms with Crippen LogP contribution in [0.3, 0.4) is 0 Å². The van der Waals surface area contributed by atoms with Gasteiger partial charge in [-0.3, -0.25) is 24.3 Å². The van der Waals surface area contributed by atoms with Crippen LogP contribution in [-0.4, -0.2) is 22.0 Å². The number of para-hydroxylation sites is 2. The van der Waals surface area contributed by atoms with E-state index < -0.39 is 22.4 Å². The molecule has 25 heavy (non-hydrogen) atoms. The highest BCUT2D eigenvalue weighted by Gasteiger charge is 2.21. The van der Waals surface area contributed by atoms with E-state index in [1.54, 1.807) is 24.3 Å². The summed E-state index contributed by atoms with van der Waals surface area (Å²) >= 11 is 0. The number of ether oxygens (including phenoxy) is 1. The number of nitrogens with one attached hydrogen (secondary N) is 1. The third kappa shape index (κ3) is 4.03. The molecule has 0 fully saturated rings. The van der Waals surface area contributed by atoms with Gasteiger partial charge in [0.05, 0.1) is 23.4 Å². The Kier molecular flexibility index (Phi) is 5.53. The van der Waals surface area contributed by atoms with Gasteiger partial charge in [0.25, 0.3) is 11.2 Å². The monoisotopic (exact) mass is 345 g/mol. The van der Waals surface area contributed by atoms with Crippen molar-refractivity contribution in [2.24, 2.45) is 0 Å². The molecule has 0 saturated carbocycles. The molecule has 0 aliphatic heterocycles. The van der Waals surface area contributed by atoms with E-state index >= 15 is 0 Å². The molecule has 8 nitrogen and oxygen atoms in total. The summed E-state index contributed by atoms with van der Waals surface area (Å²) in [6, 6.07) is 7.17. The molecule has 1 atom stereocenters. The van der Waals surface area contributed by atoms with Gasteiger partial charge in [0, 0.05) is 11.6 Å². The highest BCUT2D eigenvalue weighted by atomic mass is 16.6. The number of rotatable bonds is 6. The molecule has 0 spiro atoms. The summed E-state index contributed by atoms with van der Waals surface area (Å²) in [6.45, 7) is 5.24. The van der Waals surface area contributed by atoms with Crippen molar-refractivity contribution in [2.45, 2.75) is 26.8 Å². The molecule has 0 saturated heterocycles. The molecular formula is C17H19N3O5. The van der Waals surface area contributed by atoms with E-state index in [0.717, 1.165) is 10.8 Å². The van der Waals surface area contributed by atoms with Crippen LogP contribution in [0, 0.1) is 17.0 Å². The highest BCUT2D eigenvalue weighted by Crippen LogP contribution is 2.24. The molecule has 0 radical (unpaired) electrons. The molecule has 1 heterocycles. The number of carbonyl (C=O) groups is 1. The lowest BCUT2D eigenvalue weighted by atomic mass is 10.2. The molecule has 0 bridgehead atoms. The fraction of sp³-hybridized carbons (Fsp3) is 0.294. The molecule has 8 heteroatoms. The van der Waals surface area contributed by atoms with Crippen molar-refractivity contribution >= 4 is 17.3 Å². The maximum Gasteiger partial charge on any atom is 0.286 e. The predicted molar refractivity (Wildman–Crippen MR) is 93.0 cm³/mol. The first-order valence-electron chi connectivity index (χ1n) is 7.75. The molecular weight excluding hydrogens is 326 g/mol. The summed E-state index contributed by atoms with van der Waals surface area (Å²) in [4.78, 5) is 35.2. The molecule has 0 aliphatic rings. The molecule has 132 valence electrons. The first-order chi connectivity index (χ1) is 11.8. The molecule has 1 aromatic heterocycles. The Hall–Kier alpha value is -3.16. The molecule has 1 unspecified atom stereocenters. The third-order valence-corrected chi connectivity index (χ3v) is 3.66. The Bertz CT molecular complexity index is 860. The summed E-state index contributed by atoms with van der Waals surface area (Å²) in [6.07, 6.45) is 1.08. The molecule has 1 amide bonds. The minimum Gasteiger partial charge on any atom is -0.492 e. The van der Waals surface area contributed by atoms with Crippen LogP contribution in [0.4, 0.5) is 11.4 Å². The van der Waals surface area contributed by atoms with Gasteiger partial charge in [0.2, 0.25) is 5.91 Å². The minimum atomic E-state index is -0.930. The van der Waals surface area contributed by atoms with Gasteiger partial charge in [-0.05, 0) is 32.9 Å². The average Bonchev–Trinajstić information content (AvgIpc) is 2.58. The normalized spacial score (nSPS) is 11.6. The van der Waals surface area contributed by atoms with Crippen molar-refractivity contribution in [3.05, 3.63) is 62.6 Å². The number of nitro groups is 1. The second-order valence-electron chi connectivity index (χ2n) is 5.45. The van der Waals surface area contributed by atoms with Crippen molar-refractivity contribution in [1.29, 1.82) is 0 Å². The average molecular weight is 345 g/mol. The minimum absolute atomic E-state index is 0.198. The van der Waals surface area contributed by atoms with E-state index in [1.807, 2.05) is 6.92 Å². The van der Waals surface area contributed by atoms with Gasteiger partial charge in [0.1, 0.15) is 11.8 Å². The molecule has 1 N–H and O–H groups in total.